The van der Waals surface area contributed by atoms with Gasteiger partial charge in [0.1, 0.15) is 0 Å². The fourth-order valence-corrected chi connectivity index (χ4v) is 2.52. The van der Waals surface area contributed by atoms with Crippen molar-refractivity contribution in [1.82, 2.24) is 0 Å². The van der Waals surface area contributed by atoms with Gasteiger partial charge in [0.15, 0.2) is 0 Å². The van der Waals surface area contributed by atoms with Crippen LogP contribution in [0.3, 0.4) is 0 Å². The van der Waals surface area contributed by atoms with Crippen molar-refractivity contribution in [1.29, 1.82) is 0 Å². The van der Waals surface area contributed by atoms with Gasteiger partial charge >= 0.3 is 0 Å². The molecular formula is C18H30N2O. The summed E-state index contributed by atoms with van der Waals surface area (Å²) >= 11 is 0. The van der Waals surface area contributed by atoms with Crippen LogP contribution in [0.1, 0.15) is 64.9 Å². The third kappa shape index (κ3) is 5.88. The molecule has 1 rings (SSSR count). The second-order valence-corrected chi connectivity index (χ2v) is 5.89. The molecule has 0 aliphatic rings. The van der Waals surface area contributed by atoms with Gasteiger partial charge in [0.05, 0.1) is 0 Å². The number of anilines is 1. The standard InChI is InChI=1S/C18H30N2O/c1-4-5-6-7-8-9-18(21)20(15(2)3)17-12-10-16(14-19)11-13-17/h10-13,15H,4-9,14,19H2,1-3H3. The van der Waals surface area contributed by atoms with Crippen LogP contribution in [0.2, 0.25) is 0 Å². The summed E-state index contributed by atoms with van der Waals surface area (Å²) in [6.07, 6.45) is 6.51. The molecule has 0 unspecified atom stereocenters. The zero-order valence-corrected chi connectivity index (χ0v) is 13.8. The molecule has 0 fully saturated rings. The van der Waals surface area contributed by atoms with Gasteiger partial charge in [-0.3, -0.25) is 4.79 Å². The van der Waals surface area contributed by atoms with Crippen LogP contribution in [0.25, 0.3) is 0 Å². The third-order valence-corrected chi connectivity index (χ3v) is 3.73. The van der Waals surface area contributed by atoms with Gasteiger partial charge in [-0.2, -0.15) is 0 Å². The van der Waals surface area contributed by atoms with E-state index in [2.05, 4.69) is 20.8 Å². The normalized spacial score (nSPS) is 10.9. The molecule has 0 atom stereocenters. The predicted octanol–water partition coefficient (Wildman–Crippen LogP) is 4.25. The van der Waals surface area contributed by atoms with E-state index in [1.165, 1.54) is 19.3 Å². The maximum absolute atomic E-state index is 12.5. The van der Waals surface area contributed by atoms with Crippen molar-refractivity contribution in [3.05, 3.63) is 29.8 Å². The van der Waals surface area contributed by atoms with Gasteiger partial charge in [-0.05, 0) is 38.0 Å². The Hall–Kier alpha value is -1.35. The molecule has 1 amide bonds. The number of benzene rings is 1. The highest BCUT2D eigenvalue weighted by Crippen LogP contribution is 2.20. The number of carbonyl (C=O) groups excluding carboxylic acids is 1. The number of nitrogens with two attached hydrogens (primary N) is 1. The first-order valence-corrected chi connectivity index (χ1v) is 8.21. The molecule has 3 nitrogen and oxygen atoms in total. The zero-order valence-electron chi connectivity index (χ0n) is 13.8. The Bertz CT molecular complexity index is 412. The lowest BCUT2D eigenvalue weighted by atomic mass is 10.1. The first-order valence-electron chi connectivity index (χ1n) is 8.21. The highest BCUT2D eigenvalue weighted by Gasteiger charge is 2.18. The predicted molar refractivity (Wildman–Crippen MR) is 90.3 cm³/mol. The van der Waals surface area contributed by atoms with E-state index in [4.69, 9.17) is 5.73 Å². The molecule has 2 N–H and O–H groups in total. The van der Waals surface area contributed by atoms with Crippen molar-refractivity contribution >= 4 is 11.6 Å². The molecule has 0 heterocycles. The smallest absolute Gasteiger partial charge is 0.227 e. The minimum atomic E-state index is 0.178. The Balaban J connectivity index is 2.61. The van der Waals surface area contributed by atoms with Gasteiger partial charge in [0.2, 0.25) is 5.91 Å². The van der Waals surface area contributed by atoms with E-state index in [1.807, 2.05) is 29.2 Å². The summed E-state index contributed by atoms with van der Waals surface area (Å²) < 4.78 is 0. The summed E-state index contributed by atoms with van der Waals surface area (Å²) in [7, 11) is 0. The second-order valence-electron chi connectivity index (χ2n) is 5.89. The lowest BCUT2D eigenvalue weighted by molar-refractivity contribution is -0.119. The molecule has 0 radical (unpaired) electrons. The Morgan fingerprint density at radius 2 is 1.71 bits per heavy atom. The highest BCUT2D eigenvalue weighted by atomic mass is 16.2. The third-order valence-electron chi connectivity index (χ3n) is 3.73. The van der Waals surface area contributed by atoms with Gasteiger partial charge in [-0.1, -0.05) is 44.7 Å². The van der Waals surface area contributed by atoms with Crippen LogP contribution in [0.15, 0.2) is 24.3 Å². The number of amides is 1. The molecule has 118 valence electrons. The molecule has 0 aromatic heterocycles. The number of rotatable bonds is 9. The van der Waals surface area contributed by atoms with Crippen LogP contribution in [0.4, 0.5) is 5.69 Å². The van der Waals surface area contributed by atoms with Crippen molar-refractivity contribution < 1.29 is 4.79 Å². The minimum absolute atomic E-state index is 0.178. The quantitative estimate of drug-likeness (QED) is 0.691. The Morgan fingerprint density at radius 3 is 2.24 bits per heavy atom. The van der Waals surface area contributed by atoms with Gasteiger partial charge in [0.25, 0.3) is 0 Å². The maximum atomic E-state index is 12.5. The van der Waals surface area contributed by atoms with Crippen molar-refractivity contribution in [3.63, 3.8) is 0 Å². The number of nitrogens with zero attached hydrogens (tertiary/aromatic N) is 1. The average molecular weight is 290 g/mol. The van der Waals surface area contributed by atoms with Crippen molar-refractivity contribution in [2.45, 2.75) is 71.9 Å². The molecule has 21 heavy (non-hydrogen) atoms. The molecule has 1 aromatic rings. The molecule has 0 aliphatic carbocycles. The summed E-state index contributed by atoms with van der Waals surface area (Å²) in [5.41, 5.74) is 7.69. The zero-order chi connectivity index (χ0) is 15.7. The molecule has 0 spiro atoms. The van der Waals surface area contributed by atoms with Crippen molar-refractivity contribution in [2.75, 3.05) is 4.90 Å². The van der Waals surface area contributed by atoms with E-state index in [0.717, 1.165) is 24.1 Å². The summed E-state index contributed by atoms with van der Waals surface area (Å²) in [4.78, 5) is 14.4. The highest BCUT2D eigenvalue weighted by molar-refractivity contribution is 5.93. The number of hydrogen-bond donors (Lipinski definition) is 1. The molecule has 3 heteroatoms. The summed E-state index contributed by atoms with van der Waals surface area (Å²) in [6.45, 7) is 6.86. The first-order chi connectivity index (χ1) is 10.1. The van der Waals surface area contributed by atoms with E-state index in [-0.39, 0.29) is 11.9 Å². The summed E-state index contributed by atoms with van der Waals surface area (Å²) in [6, 6.07) is 8.17. The molecule has 0 saturated carbocycles. The van der Waals surface area contributed by atoms with Crippen molar-refractivity contribution in [2.24, 2.45) is 5.73 Å². The minimum Gasteiger partial charge on any atom is -0.326 e. The van der Waals surface area contributed by atoms with Gasteiger partial charge in [-0.15, -0.1) is 0 Å². The first kappa shape index (κ1) is 17.7. The summed E-state index contributed by atoms with van der Waals surface area (Å²) in [5.74, 6) is 0.224. The topological polar surface area (TPSA) is 46.3 Å². The molecule has 0 bridgehead atoms. The molecule has 0 aliphatic heterocycles. The van der Waals surface area contributed by atoms with Crippen LogP contribution >= 0.6 is 0 Å². The van der Waals surface area contributed by atoms with E-state index >= 15 is 0 Å². The lowest BCUT2D eigenvalue weighted by Gasteiger charge is -2.27. The van der Waals surface area contributed by atoms with Crippen LogP contribution in [-0.4, -0.2) is 11.9 Å². The number of hydrogen-bond acceptors (Lipinski definition) is 2. The molecular weight excluding hydrogens is 260 g/mol. The monoisotopic (exact) mass is 290 g/mol. The fourth-order valence-electron chi connectivity index (χ4n) is 2.52. The lowest BCUT2D eigenvalue weighted by Crippen LogP contribution is -2.36. The summed E-state index contributed by atoms with van der Waals surface area (Å²) in [5, 5.41) is 0. The van der Waals surface area contributed by atoms with Crippen molar-refractivity contribution in [3.8, 4) is 0 Å². The Morgan fingerprint density at radius 1 is 1.10 bits per heavy atom. The van der Waals surface area contributed by atoms with Gasteiger partial charge in [-0.25, -0.2) is 0 Å². The maximum Gasteiger partial charge on any atom is 0.227 e. The molecule has 0 saturated heterocycles. The van der Waals surface area contributed by atoms with Crippen LogP contribution in [0, 0.1) is 0 Å². The van der Waals surface area contributed by atoms with Crippen LogP contribution in [0.5, 0.6) is 0 Å². The number of carbonyl (C=O) groups is 1. The Labute approximate surface area is 129 Å². The molecule has 1 aromatic carbocycles. The fraction of sp³-hybridized carbons (Fsp3) is 0.611. The second kappa shape index (κ2) is 9.56. The largest absolute Gasteiger partial charge is 0.326 e. The van der Waals surface area contributed by atoms with E-state index in [1.54, 1.807) is 0 Å². The van der Waals surface area contributed by atoms with Gasteiger partial charge in [0, 0.05) is 24.7 Å². The van der Waals surface area contributed by atoms with E-state index in [9.17, 15) is 4.79 Å². The van der Waals surface area contributed by atoms with E-state index < -0.39 is 0 Å². The number of unbranched alkanes of at least 4 members (excludes halogenated alkanes) is 4. The van der Waals surface area contributed by atoms with Crippen LogP contribution < -0.4 is 10.6 Å². The Kier molecular flexibility index (Phi) is 8.06. The van der Waals surface area contributed by atoms with Crippen LogP contribution in [-0.2, 0) is 11.3 Å². The SMILES string of the molecule is CCCCCCCC(=O)N(c1ccc(CN)cc1)C(C)C. The van der Waals surface area contributed by atoms with E-state index in [0.29, 0.717) is 13.0 Å². The van der Waals surface area contributed by atoms with Gasteiger partial charge < -0.3 is 10.6 Å². The average Bonchev–Trinajstić information content (AvgIpc) is 2.47.